The molecule has 0 unspecified atom stereocenters. The third-order valence-electron chi connectivity index (χ3n) is 4.11. The first kappa shape index (κ1) is 13.1. The Hall–Kier alpha value is -1.94. The van der Waals surface area contributed by atoms with Crippen molar-refractivity contribution < 1.29 is 5.11 Å². The zero-order valence-corrected chi connectivity index (χ0v) is 11.5. The van der Waals surface area contributed by atoms with Crippen LogP contribution in [0.25, 0.3) is 0 Å². The fourth-order valence-electron chi connectivity index (χ4n) is 2.79. The molecule has 20 heavy (non-hydrogen) atoms. The summed E-state index contributed by atoms with van der Waals surface area (Å²) in [7, 11) is 0. The zero-order valence-electron chi connectivity index (χ0n) is 11.5. The van der Waals surface area contributed by atoms with E-state index in [1.807, 2.05) is 25.1 Å². The van der Waals surface area contributed by atoms with Gasteiger partial charge in [-0.1, -0.05) is 30.3 Å². The molecule has 2 N–H and O–H groups in total. The van der Waals surface area contributed by atoms with E-state index in [4.69, 9.17) is 5.11 Å². The van der Waals surface area contributed by atoms with E-state index in [-0.39, 0.29) is 17.6 Å². The summed E-state index contributed by atoms with van der Waals surface area (Å²) in [5.74, 6) is 0.757. The number of H-pyrrole nitrogens is 1. The van der Waals surface area contributed by atoms with Crippen LogP contribution >= 0.6 is 0 Å². The molecule has 1 aliphatic rings. The van der Waals surface area contributed by atoms with Gasteiger partial charge in [-0.05, 0) is 25.3 Å². The average molecular weight is 270 g/mol. The van der Waals surface area contributed by atoms with Gasteiger partial charge in [0.25, 0.3) is 5.56 Å². The molecule has 3 rings (SSSR count). The van der Waals surface area contributed by atoms with Gasteiger partial charge in [0.1, 0.15) is 5.82 Å². The van der Waals surface area contributed by atoms with Crippen molar-refractivity contribution in [1.82, 2.24) is 9.97 Å². The molecule has 1 fully saturated rings. The minimum absolute atomic E-state index is 0.0330. The van der Waals surface area contributed by atoms with Crippen molar-refractivity contribution in [3.8, 4) is 0 Å². The zero-order chi connectivity index (χ0) is 14.2. The SMILES string of the molecule is Cc1nc(C2(c3ccccc3)CC2)[nH]c(=O)c1CCO. The molecule has 104 valence electrons. The van der Waals surface area contributed by atoms with Gasteiger partial charge in [0.05, 0.1) is 5.41 Å². The Morgan fingerprint density at radius 1 is 1.30 bits per heavy atom. The second kappa shape index (κ2) is 4.87. The van der Waals surface area contributed by atoms with Crippen LogP contribution in [-0.4, -0.2) is 21.7 Å². The van der Waals surface area contributed by atoms with Crippen molar-refractivity contribution in [3.05, 3.63) is 63.3 Å². The van der Waals surface area contributed by atoms with Crippen LogP contribution in [0.3, 0.4) is 0 Å². The molecule has 4 nitrogen and oxygen atoms in total. The minimum Gasteiger partial charge on any atom is -0.396 e. The standard InChI is InChI=1S/C16H18N2O2/c1-11-13(7-10-19)14(20)18-15(17-11)16(8-9-16)12-5-3-2-4-6-12/h2-6,19H,7-10H2,1H3,(H,17,18,20). The summed E-state index contributed by atoms with van der Waals surface area (Å²) in [4.78, 5) is 19.7. The lowest BCUT2D eigenvalue weighted by Gasteiger charge is -2.16. The van der Waals surface area contributed by atoms with Crippen LogP contribution in [0.4, 0.5) is 0 Å². The summed E-state index contributed by atoms with van der Waals surface area (Å²) in [6.45, 7) is 1.81. The Labute approximate surface area is 117 Å². The van der Waals surface area contributed by atoms with Crippen LogP contribution in [0.5, 0.6) is 0 Å². The van der Waals surface area contributed by atoms with E-state index in [1.165, 1.54) is 5.56 Å². The first-order valence-electron chi connectivity index (χ1n) is 6.94. The second-order valence-corrected chi connectivity index (χ2v) is 5.40. The van der Waals surface area contributed by atoms with Crippen molar-refractivity contribution in [2.24, 2.45) is 0 Å². The predicted octanol–water partition coefficient (Wildman–Crippen LogP) is 1.69. The van der Waals surface area contributed by atoms with Gasteiger partial charge in [-0.2, -0.15) is 0 Å². The Morgan fingerprint density at radius 2 is 2.00 bits per heavy atom. The molecule has 1 aromatic heterocycles. The van der Waals surface area contributed by atoms with Crippen molar-refractivity contribution in [3.63, 3.8) is 0 Å². The van der Waals surface area contributed by atoms with Crippen LogP contribution in [0.2, 0.25) is 0 Å². The van der Waals surface area contributed by atoms with Gasteiger partial charge in [-0.25, -0.2) is 4.98 Å². The maximum absolute atomic E-state index is 12.1. The minimum atomic E-state index is -0.122. The molecule has 0 radical (unpaired) electrons. The summed E-state index contributed by atoms with van der Waals surface area (Å²) in [6.07, 6.45) is 2.38. The van der Waals surface area contributed by atoms with E-state index in [0.29, 0.717) is 12.0 Å². The van der Waals surface area contributed by atoms with Crippen LogP contribution in [0.15, 0.2) is 35.1 Å². The lowest BCUT2D eigenvalue weighted by Crippen LogP contribution is -2.24. The van der Waals surface area contributed by atoms with E-state index in [0.717, 1.165) is 24.4 Å². The molecule has 0 bridgehead atoms. The van der Waals surface area contributed by atoms with Crippen molar-refractivity contribution in [1.29, 1.82) is 0 Å². The lowest BCUT2D eigenvalue weighted by atomic mass is 9.95. The van der Waals surface area contributed by atoms with E-state index in [1.54, 1.807) is 0 Å². The number of aryl methyl sites for hydroxylation is 1. The maximum Gasteiger partial charge on any atom is 0.254 e. The largest absolute Gasteiger partial charge is 0.396 e. The summed E-state index contributed by atoms with van der Waals surface area (Å²) in [5.41, 5.74) is 2.27. The van der Waals surface area contributed by atoms with Crippen LogP contribution in [0.1, 0.15) is 35.5 Å². The Balaban J connectivity index is 2.06. The van der Waals surface area contributed by atoms with E-state index < -0.39 is 0 Å². The van der Waals surface area contributed by atoms with Crippen LogP contribution in [-0.2, 0) is 11.8 Å². The summed E-state index contributed by atoms with van der Waals surface area (Å²) < 4.78 is 0. The summed E-state index contributed by atoms with van der Waals surface area (Å²) >= 11 is 0. The van der Waals surface area contributed by atoms with Gasteiger partial charge >= 0.3 is 0 Å². The number of hydrogen-bond acceptors (Lipinski definition) is 3. The second-order valence-electron chi connectivity index (χ2n) is 5.40. The highest BCUT2D eigenvalue weighted by atomic mass is 16.3. The van der Waals surface area contributed by atoms with Crippen molar-refractivity contribution in [2.75, 3.05) is 6.61 Å². The lowest BCUT2D eigenvalue weighted by molar-refractivity contribution is 0.298. The molecule has 0 saturated heterocycles. The van der Waals surface area contributed by atoms with Gasteiger partial charge in [-0.3, -0.25) is 4.79 Å². The summed E-state index contributed by atoms with van der Waals surface area (Å²) in [6, 6.07) is 10.2. The van der Waals surface area contributed by atoms with Gasteiger partial charge in [0.15, 0.2) is 0 Å². The van der Waals surface area contributed by atoms with Crippen LogP contribution in [0, 0.1) is 6.92 Å². The smallest absolute Gasteiger partial charge is 0.254 e. The van der Waals surface area contributed by atoms with E-state index in [9.17, 15) is 4.79 Å². The highest BCUT2D eigenvalue weighted by Gasteiger charge is 2.48. The third-order valence-corrected chi connectivity index (χ3v) is 4.11. The maximum atomic E-state index is 12.1. The highest BCUT2D eigenvalue weighted by molar-refractivity contribution is 5.39. The average Bonchev–Trinajstić information content (AvgIpc) is 3.25. The molecule has 0 amide bonds. The number of hydrogen-bond donors (Lipinski definition) is 2. The van der Waals surface area contributed by atoms with Gasteiger partial charge < -0.3 is 10.1 Å². The molecule has 1 aliphatic carbocycles. The molecule has 1 saturated carbocycles. The quantitative estimate of drug-likeness (QED) is 0.888. The van der Waals surface area contributed by atoms with Crippen LogP contribution < -0.4 is 5.56 Å². The third kappa shape index (κ3) is 2.06. The van der Waals surface area contributed by atoms with Gasteiger partial charge in [-0.15, -0.1) is 0 Å². The number of nitrogens with one attached hydrogen (secondary N) is 1. The molecule has 2 aromatic rings. The highest BCUT2D eigenvalue weighted by Crippen LogP contribution is 2.51. The Kier molecular flexibility index (Phi) is 3.18. The molecule has 0 atom stereocenters. The molecule has 0 aliphatic heterocycles. The van der Waals surface area contributed by atoms with E-state index in [2.05, 4.69) is 22.1 Å². The monoisotopic (exact) mass is 270 g/mol. The molecule has 0 spiro atoms. The number of aliphatic hydroxyl groups excluding tert-OH is 1. The van der Waals surface area contributed by atoms with E-state index >= 15 is 0 Å². The number of benzene rings is 1. The molecular weight excluding hydrogens is 252 g/mol. The summed E-state index contributed by atoms with van der Waals surface area (Å²) in [5, 5.41) is 9.01. The topological polar surface area (TPSA) is 66.0 Å². The molecule has 1 heterocycles. The normalized spacial score (nSPS) is 16.1. The molecular formula is C16H18N2O2. The Bertz CT molecular complexity index is 673. The number of nitrogens with zero attached hydrogens (tertiary/aromatic N) is 1. The molecule has 4 heteroatoms. The van der Waals surface area contributed by atoms with Crippen molar-refractivity contribution >= 4 is 0 Å². The van der Waals surface area contributed by atoms with Gasteiger partial charge in [0.2, 0.25) is 0 Å². The fourth-order valence-corrected chi connectivity index (χ4v) is 2.79. The van der Waals surface area contributed by atoms with Crippen molar-refractivity contribution in [2.45, 2.75) is 31.6 Å². The number of aliphatic hydroxyl groups is 1. The molecule has 1 aromatic carbocycles. The number of rotatable bonds is 4. The Morgan fingerprint density at radius 3 is 2.55 bits per heavy atom. The fraction of sp³-hybridized carbons (Fsp3) is 0.375. The number of aromatic nitrogens is 2. The van der Waals surface area contributed by atoms with Gasteiger partial charge in [0, 0.05) is 24.3 Å². The first-order chi connectivity index (χ1) is 9.67. The predicted molar refractivity (Wildman–Crippen MR) is 76.8 cm³/mol. The number of aromatic amines is 1. The first-order valence-corrected chi connectivity index (χ1v) is 6.94.